The van der Waals surface area contributed by atoms with Gasteiger partial charge in [-0.25, -0.2) is 0 Å². The monoisotopic (exact) mass is 826 g/mol. The lowest BCUT2D eigenvalue weighted by Crippen LogP contribution is -2.15. The Kier molecular flexibility index (Phi) is 26.8. The van der Waals surface area contributed by atoms with Gasteiger partial charge in [-0.1, -0.05) is 197 Å². The first-order valence-corrected chi connectivity index (χ1v) is 29.5. The minimum Gasteiger partial charge on any atom is -0.313 e. The predicted octanol–water partition coefficient (Wildman–Crippen LogP) is 10.3. The van der Waals surface area contributed by atoms with Gasteiger partial charge in [-0.2, -0.15) is 0 Å². The van der Waals surface area contributed by atoms with Crippen molar-refractivity contribution in [2.75, 3.05) is 19.6 Å². The summed E-state index contributed by atoms with van der Waals surface area (Å²) in [6, 6.07) is 52.6. The highest BCUT2D eigenvalue weighted by molar-refractivity contribution is 6.33. The Labute approximate surface area is 361 Å². The Morgan fingerprint density at radius 1 is 0.431 bits per heavy atom. The molecule has 58 heavy (non-hydrogen) atoms. The van der Waals surface area contributed by atoms with Crippen molar-refractivity contribution in [3.63, 3.8) is 0 Å². The molecule has 0 aliphatic rings. The number of benzene rings is 5. The highest BCUT2D eigenvalue weighted by Crippen LogP contribution is 2.26. The third-order valence-corrected chi connectivity index (χ3v) is 14.0. The molecule has 0 spiro atoms. The fourth-order valence-corrected chi connectivity index (χ4v) is 9.00. The molecule has 0 unspecified atom stereocenters. The molecule has 5 aromatic carbocycles. The van der Waals surface area contributed by atoms with Crippen LogP contribution in [0.5, 0.6) is 0 Å². The Morgan fingerprint density at radius 2 is 0.759 bits per heavy atom. The molecule has 0 bridgehead atoms. The summed E-state index contributed by atoms with van der Waals surface area (Å²) in [5.74, 6) is 0.487. The molecular weight excluding hydrogens is 751 g/mol. The lowest BCUT2D eigenvalue weighted by atomic mass is 9.86. The highest BCUT2D eigenvalue weighted by atomic mass is 28.2. The maximum Gasteiger partial charge on any atom is 0.0205 e. The van der Waals surface area contributed by atoms with Gasteiger partial charge in [0.15, 0.2) is 0 Å². The maximum absolute atomic E-state index is 3.74. The van der Waals surface area contributed by atoms with E-state index in [9.17, 15) is 0 Å². The van der Waals surface area contributed by atoms with Crippen molar-refractivity contribution in [2.45, 2.75) is 95.4 Å². The van der Waals surface area contributed by atoms with Crippen molar-refractivity contribution in [1.29, 1.82) is 0 Å². The van der Waals surface area contributed by atoms with Crippen molar-refractivity contribution < 1.29 is 0 Å². The predicted molar refractivity (Wildman–Crippen MR) is 269 cm³/mol. The zero-order valence-corrected chi connectivity index (χ0v) is 40.6. The molecule has 0 atom stereocenters. The molecule has 0 amide bonds. The SMILES string of the molecule is C=Cc1ccc(CNCCC[SiH2]C)cc1.C=Cc1ccccc1.C[SiH2]CCCNCc1ccc(CC(Cc2ccc(CNCCC[SiH2]C)cc2)c2ccccc2)cc1. The molecule has 0 aliphatic heterocycles. The van der Waals surface area contributed by atoms with Crippen LogP contribution in [0.25, 0.3) is 12.2 Å². The van der Waals surface area contributed by atoms with Gasteiger partial charge in [-0.05, 0) is 102 Å². The first kappa shape index (κ1) is 48.5. The van der Waals surface area contributed by atoms with E-state index in [-0.39, 0.29) is 28.6 Å². The molecule has 3 N–H and O–H groups in total. The standard InChI is InChI=1S/C31H46N2Si2.C13H21NSi.C8H8/c1-34-20-6-18-32-24-28-14-10-26(11-15-28)22-31(30-8-4-3-5-9-30)23-27-12-16-29(17-13-27)25-33-19-7-21-35-2;1-3-12-5-7-13(8-6-12)11-14-9-4-10-15-2;1-2-8-6-4-3-5-7-8/h3-5,8-17,31-33H,6-7,18-25,34-35H2,1-2H3;3,5-8,14H,1,4,9-11,15H2,2H3;2-7H,1H2. The minimum absolute atomic E-state index is 0.212. The summed E-state index contributed by atoms with van der Waals surface area (Å²) in [4.78, 5) is 0. The van der Waals surface area contributed by atoms with Crippen LogP contribution in [0.4, 0.5) is 0 Å². The summed E-state index contributed by atoms with van der Waals surface area (Å²) in [5, 5.41) is 10.7. The van der Waals surface area contributed by atoms with E-state index in [1.807, 2.05) is 42.5 Å². The molecule has 6 heteroatoms. The maximum atomic E-state index is 3.74. The number of hydrogen-bond acceptors (Lipinski definition) is 3. The van der Waals surface area contributed by atoms with Gasteiger partial charge in [0.05, 0.1) is 0 Å². The first-order valence-electron chi connectivity index (χ1n) is 22.3. The van der Waals surface area contributed by atoms with Crippen LogP contribution in [0, 0.1) is 0 Å². The molecule has 0 saturated heterocycles. The van der Waals surface area contributed by atoms with E-state index < -0.39 is 0 Å². The average molecular weight is 826 g/mol. The van der Waals surface area contributed by atoms with E-state index in [0.29, 0.717) is 5.92 Å². The van der Waals surface area contributed by atoms with Crippen molar-refractivity contribution in [1.82, 2.24) is 16.0 Å². The number of rotatable bonds is 25. The second kappa shape index (κ2) is 32.0. The molecule has 0 aromatic heterocycles. The van der Waals surface area contributed by atoms with Crippen molar-refractivity contribution >= 4 is 40.7 Å². The smallest absolute Gasteiger partial charge is 0.0205 e. The Hall–Kier alpha value is -3.89. The summed E-state index contributed by atoms with van der Waals surface area (Å²) in [7, 11) is 0.687. The van der Waals surface area contributed by atoms with Gasteiger partial charge in [0, 0.05) is 48.2 Å². The summed E-state index contributed by atoms with van der Waals surface area (Å²) in [6.45, 7) is 20.9. The van der Waals surface area contributed by atoms with Crippen LogP contribution >= 0.6 is 0 Å². The molecule has 0 saturated carbocycles. The second-order valence-corrected chi connectivity index (χ2v) is 20.5. The topological polar surface area (TPSA) is 36.1 Å². The van der Waals surface area contributed by atoms with E-state index in [0.717, 1.165) is 52.1 Å². The Bertz CT molecular complexity index is 1670. The number of hydrogen-bond donors (Lipinski definition) is 3. The average Bonchev–Trinajstić information content (AvgIpc) is 3.28. The summed E-state index contributed by atoms with van der Waals surface area (Å²) in [5.41, 5.74) is 10.8. The zero-order valence-electron chi connectivity index (χ0n) is 36.4. The summed E-state index contributed by atoms with van der Waals surface area (Å²) >= 11 is 0. The molecule has 5 aromatic rings. The van der Waals surface area contributed by atoms with Gasteiger partial charge in [-0.15, -0.1) is 0 Å². The van der Waals surface area contributed by atoms with Gasteiger partial charge in [0.1, 0.15) is 0 Å². The van der Waals surface area contributed by atoms with Crippen LogP contribution in [0.2, 0.25) is 37.8 Å². The van der Waals surface area contributed by atoms with Crippen LogP contribution in [0.3, 0.4) is 0 Å². The van der Waals surface area contributed by atoms with E-state index in [1.54, 1.807) is 0 Å². The van der Waals surface area contributed by atoms with Crippen LogP contribution in [-0.4, -0.2) is 48.2 Å². The Morgan fingerprint density at radius 3 is 1.10 bits per heavy atom. The van der Waals surface area contributed by atoms with Crippen LogP contribution < -0.4 is 16.0 Å². The first-order chi connectivity index (χ1) is 28.6. The summed E-state index contributed by atoms with van der Waals surface area (Å²) in [6.07, 6.45) is 9.86. The van der Waals surface area contributed by atoms with E-state index in [1.165, 1.54) is 81.9 Å². The minimum atomic E-state index is 0.212. The van der Waals surface area contributed by atoms with Gasteiger partial charge in [0.25, 0.3) is 0 Å². The van der Waals surface area contributed by atoms with Crippen molar-refractivity contribution in [3.8, 4) is 0 Å². The van der Waals surface area contributed by atoms with Gasteiger partial charge >= 0.3 is 0 Å². The molecule has 0 aliphatic carbocycles. The molecule has 0 radical (unpaired) electrons. The lowest BCUT2D eigenvalue weighted by molar-refractivity contribution is 0.668. The second-order valence-electron chi connectivity index (χ2n) is 15.4. The molecular formula is C52H75N3Si3. The summed E-state index contributed by atoms with van der Waals surface area (Å²) < 4.78 is 0. The van der Waals surface area contributed by atoms with Crippen LogP contribution in [0.1, 0.15) is 69.7 Å². The molecule has 5 rings (SSSR count). The lowest BCUT2D eigenvalue weighted by Gasteiger charge is -2.19. The molecule has 0 heterocycles. The van der Waals surface area contributed by atoms with E-state index in [4.69, 9.17) is 0 Å². The normalized spacial score (nSPS) is 11.7. The fraction of sp³-hybridized carbons (Fsp3) is 0.346. The zero-order chi connectivity index (χ0) is 41.3. The van der Waals surface area contributed by atoms with E-state index >= 15 is 0 Å². The van der Waals surface area contributed by atoms with Gasteiger partial charge in [-0.3, -0.25) is 0 Å². The quantitative estimate of drug-likeness (QED) is 0.0405. The van der Waals surface area contributed by atoms with Crippen LogP contribution in [0.15, 0.2) is 147 Å². The largest absolute Gasteiger partial charge is 0.313 e. The number of nitrogens with one attached hydrogen (secondary N) is 3. The third-order valence-electron chi connectivity index (χ3n) is 10.4. The molecule has 3 nitrogen and oxygen atoms in total. The third kappa shape index (κ3) is 21.8. The van der Waals surface area contributed by atoms with Crippen molar-refractivity contribution in [3.05, 3.63) is 191 Å². The van der Waals surface area contributed by atoms with Gasteiger partial charge in [0.2, 0.25) is 0 Å². The highest BCUT2D eigenvalue weighted by Gasteiger charge is 2.14. The van der Waals surface area contributed by atoms with Crippen molar-refractivity contribution in [2.24, 2.45) is 0 Å². The van der Waals surface area contributed by atoms with Gasteiger partial charge < -0.3 is 16.0 Å². The Balaban J connectivity index is 0.000000318. The molecule has 310 valence electrons. The molecule has 0 fully saturated rings. The van der Waals surface area contributed by atoms with E-state index in [2.05, 4.69) is 152 Å². The fourth-order valence-electron chi connectivity index (χ4n) is 6.75. The van der Waals surface area contributed by atoms with Crippen LogP contribution in [-0.2, 0) is 32.5 Å².